The number of urea groups is 1. The predicted octanol–water partition coefficient (Wildman–Crippen LogP) is -2.43. The average Bonchev–Trinajstić information content (AvgIpc) is 3.12. The fraction of sp³-hybridized carbons (Fsp3) is 0.450. The molecule has 13 nitrogen and oxygen atoms in total. The minimum Gasteiger partial charge on any atom is -0.361 e. The van der Waals surface area contributed by atoms with Gasteiger partial charge < -0.3 is 51.6 Å². The maximum Gasteiger partial charge on any atom is 0.355 e. The van der Waals surface area contributed by atoms with Gasteiger partial charge in [0.1, 0.15) is 5.82 Å². The summed E-state index contributed by atoms with van der Waals surface area (Å²) in [5.41, 5.74) is 7.64. The maximum absolute atomic E-state index is 14.3. The molecule has 188 valence electrons. The Kier molecular flexibility index (Phi) is 6.75. The summed E-state index contributed by atoms with van der Waals surface area (Å²) in [4.78, 5) is 14.9. The Bertz CT molecular complexity index is 1100. The molecule has 2 aromatic rings. The molecule has 2 aliphatic rings. The number of nitrogens with zero attached hydrogens (tertiary/aromatic N) is 2. The number of rotatable bonds is 4. The first-order valence-electron chi connectivity index (χ1n) is 10.2. The monoisotopic (exact) mass is 486 g/mol. The Labute approximate surface area is 192 Å². The van der Waals surface area contributed by atoms with Crippen molar-refractivity contribution in [3.05, 3.63) is 41.3 Å². The minimum atomic E-state index is -3.86. The number of carbonyl (C=O) groups is 1. The van der Waals surface area contributed by atoms with E-state index in [9.17, 15) is 24.5 Å². The molecule has 1 aliphatic heterocycles. The highest BCUT2D eigenvalue weighted by Gasteiger charge is 2.53. The Morgan fingerprint density at radius 1 is 1.21 bits per heavy atom. The summed E-state index contributed by atoms with van der Waals surface area (Å²) in [6, 6.07) is 1.33. The van der Waals surface area contributed by atoms with Crippen LogP contribution in [0.1, 0.15) is 24.5 Å². The summed E-state index contributed by atoms with van der Waals surface area (Å²) in [5, 5.41) is 72.7. The van der Waals surface area contributed by atoms with Crippen LogP contribution in [0.15, 0.2) is 24.4 Å². The van der Waals surface area contributed by atoms with E-state index < -0.39 is 30.1 Å². The van der Waals surface area contributed by atoms with Crippen LogP contribution in [0.2, 0.25) is 0 Å². The van der Waals surface area contributed by atoms with E-state index in [2.05, 4.69) is 10.7 Å². The van der Waals surface area contributed by atoms with Crippen molar-refractivity contribution in [2.45, 2.75) is 43.8 Å². The molecule has 2 heterocycles. The van der Waals surface area contributed by atoms with Crippen LogP contribution >= 0.6 is 0 Å². The van der Waals surface area contributed by atoms with Crippen molar-refractivity contribution < 1.29 is 50.0 Å². The van der Waals surface area contributed by atoms with Crippen molar-refractivity contribution in [2.24, 2.45) is 5.73 Å². The highest BCUT2D eigenvalue weighted by molar-refractivity contribution is 5.98. The van der Waals surface area contributed by atoms with E-state index in [-0.39, 0.29) is 17.3 Å². The molecule has 11 N–H and O–H groups in total. The van der Waals surface area contributed by atoms with Gasteiger partial charge in [-0.2, -0.15) is 0 Å². The third-order valence-electron chi connectivity index (χ3n) is 5.84. The fourth-order valence-corrected chi connectivity index (χ4v) is 4.30. The number of aromatic amines is 1. The average molecular weight is 486 g/mol. The van der Waals surface area contributed by atoms with E-state index in [0.717, 1.165) is 16.5 Å². The summed E-state index contributed by atoms with van der Waals surface area (Å²) in [6.45, 7) is 1.26. The van der Waals surface area contributed by atoms with Crippen LogP contribution in [0.3, 0.4) is 0 Å². The number of nitrogens with one attached hydrogen (secondary N) is 1. The summed E-state index contributed by atoms with van der Waals surface area (Å²) in [7, 11) is 0. The van der Waals surface area contributed by atoms with Gasteiger partial charge in [0, 0.05) is 41.8 Å². The Morgan fingerprint density at radius 2 is 1.85 bits per heavy atom. The number of primary amides is 1. The largest absolute Gasteiger partial charge is 0.361 e. The van der Waals surface area contributed by atoms with Crippen LogP contribution < -0.4 is 5.73 Å². The Balaban J connectivity index is 0.000000218. The lowest BCUT2D eigenvalue weighted by Gasteiger charge is -2.42. The summed E-state index contributed by atoms with van der Waals surface area (Å²) in [5.74, 6) is -7.74. The van der Waals surface area contributed by atoms with E-state index in [4.69, 9.17) is 25.5 Å². The zero-order valence-corrected chi connectivity index (χ0v) is 18.1. The number of likely N-dealkylation sites (N-methyl/N-ethyl adjacent to an activating group) is 1. The summed E-state index contributed by atoms with van der Waals surface area (Å²) in [6.07, 6.45) is 1.84. The van der Waals surface area contributed by atoms with Crippen molar-refractivity contribution in [2.75, 3.05) is 13.1 Å². The van der Waals surface area contributed by atoms with Crippen molar-refractivity contribution in [3.63, 3.8) is 0 Å². The molecule has 0 bridgehead atoms. The Hall–Kier alpha value is -2.66. The number of carbonyl (C=O) groups excluding carboxylic acids is 1. The lowest BCUT2D eigenvalue weighted by atomic mass is 9.81. The quantitative estimate of drug-likeness (QED) is 0.205. The third kappa shape index (κ3) is 4.50. The topological polar surface area (TPSA) is 227 Å². The molecule has 0 saturated carbocycles. The molecule has 0 spiro atoms. The van der Waals surface area contributed by atoms with Gasteiger partial charge in [0.15, 0.2) is 0 Å². The van der Waals surface area contributed by atoms with Crippen LogP contribution in [-0.4, -0.2) is 98.8 Å². The molecule has 1 aliphatic carbocycles. The molecule has 14 heteroatoms. The number of H-pyrrole nitrogens is 1. The molecular formula is C20H27FN4O9. The van der Waals surface area contributed by atoms with Gasteiger partial charge in [0.25, 0.3) is 0 Å². The van der Waals surface area contributed by atoms with Crippen LogP contribution in [0.5, 0.6) is 0 Å². The lowest BCUT2D eigenvalue weighted by molar-refractivity contribution is -0.478. The molecular weight excluding hydrogens is 459 g/mol. The predicted molar refractivity (Wildman–Crippen MR) is 113 cm³/mol. The van der Waals surface area contributed by atoms with Crippen molar-refractivity contribution in [1.29, 1.82) is 0 Å². The molecule has 34 heavy (non-hydrogen) atoms. The number of hydrogen-bond donors (Lipinski definition) is 10. The first kappa shape index (κ1) is 26.0. The maximum atomic E-state index is 14.3. The molecule has 0 saturated heterocycles. The van der Waals surface area contributed by atoms with E-state index in [1.165, 1.54) is 17.9 Å². The molecule has 1 aromatic heterocycles. The molecule has 0 radical (unpaired) electrons. The summed E-state index contributed by atoms with van der Waals surface area (Å²) >= 11 is 0. The van der Waals surface area contributed by atoms with Crippen LogP contribution in [0, 0.1) is 5.82 Å². The zero-order chi connectivity index (χ0) is 25.6. The molecule has 1 unspecified atom stereocenters. The number of aromatic nitrogens is 1. The van der Waals surface area contributed by atoms with Crippen LogP contribution in [0.4, 0.5) is 9.18 Å². The number of aliphatic hydroxyl groups is 8. The van der Waals surface area contributed by atoms with Gasteiger partial charge in [0.2, 0.25) is 0 Å². The first-order valence-corrected chi connectivity index (χ1v) is 10.2. The van der Waals surface area contributed by atoms with Gasteiger partial charge in [-0.15, -0.1) is 0 Å². The van der Waals surface area contributed by atoms with Crippen molar-refractivity contribution in [3.8, 4) is 0 Å². The van der Waals surface area contributed by atoms with Crippen molar-refractivity contribution >= 4 is 22.5 Å². The van der Waals surface area contributed by atoms with Crippen LogP contribution in [-0.2, 0) is 6.42 Å². The number of benzene rings is 1. The fourth-order valence-electron chi connectivity index (χ4n) is 4.30. The van der Waals surface area contributed by atoms with E-state index in [0.29, 0.717) is 30.5 Å². The zero-order valence-electron chi connectivity index (χ0n) is 18.1. The number of fused-ring (bicyclic) bond motifs is 2. The van der Waals surface area contributed by atoms with Gasteiger partial charge in [-0.1, -0.05) is 6.08 Å². The number of amides is 2. The van der Waals surface area contributed by atoms with E-state index >= 15 is 0 Å². The Morgan fingerprint density at radius 3 is 2.35 bits per heavy atom. The number of hydrogen-bond acceptors (Lipinski definition) is 10. The highest BCUT2D eigenvalue weighted by Crippen LogP contribution is 2.42. The second-order valence-corrected chi connectivity index (χ2v) is 7.97. The number of nitrogens with two attached hydrogens (primary N) is 1. The van der Waals surface area contributed by atoms with E-state index in [1.54, 1.807) is 6.07 Å². The van der Waals surface area contributed by atoms with E-state index in [1.807, 2.05) is 12.3 Å². The standard InChI is InChI=1S/C15H15FN2O3.C5H12N2O6/c16-10-3-4-11-13-8(7-17-11)6-12-9(14(10)13)2-1-5-18(12)15(19,20)21;1-2-7(3(6)8)4(9,10)5(11,12)13/h2-4,7,12,17,19-21H,1,5-6H2;9-13H,2H2,1H3,(H2,6,8). The van der Waals surface area contributed by atoms with Crippen LogP contribution in [0.25, 0.3) is 16.5 Å². The lowest BCUT2D eigenvalue weighted by Crippen LogP contribution is -2.67. The smallest absolute Gasteiger partial charge is 0.355 e. The molecule has 0 fully saturated rings. The summed E-state index contributed by atoms with van der Waals surface area (Å²) < 4.78 is 14.3. The van der Waals surface area contributed by atoms with Gasteiger partial charge in [-0.3, -0.25) is 4.90 Å². The molecule has 4 rings (SSSR count). The minimum absolute atomic E-state index is 0.0625. The first-order chi connectivity index (χ1) is 15.6. The number of halogens is 1. The van der Waals surface area contributed by atoms with Crippen molar-refractivity contribution in [1.82, 2.24) is 14.8 Å². The van der Waals surface area contributed by atoms with Gasteiger partial charge in [-0.25, -0.2) is 14.1 Å². The second-order valence-electron chi connectivity index (χ2n) is 7.97. The van der Waals surface area contributed by atoms with Gasteiger partial charge >= 0.3 is 24.0 Å². The molecule has 2 amide bonds. The SMILES string of the molecule is CCN(C(N)=O)C(O)(O)C(O)(O)O.OC(O)(O)N1CCC=C2c3c(F)ccc4[nH]cc(c34)CC21. The van der Waals surface area contributed by atoms with Gasteiger partial charge in [-0.05, 0) is 43.0 Å². The molecule has 1 aromatic carbocycles. The normalized spacial score (nSPS) is 18.6. The van der Waals surface area contributed by atoms with Gasteiger partial charge in [0.05, 0.1) is 0 Å². The molecule has 1 atom stereocenters. The highest BCUT2D eigenvalue weighted by atomic mass is 19.1. The third-order valence-corrected chi connectivity index (χ3v) is 5.84. The second kappa shape index (κ2) is 8.84.